The van der Waals surface area contributed by atoms with Crippen LogP contribution in [0.15, 0.2) is 73.2 Å². The lowest BCUT2D eigenvalue weighted by molar-refractivity contribution is -0.138. The number of carbonyl (C=O) groups is 1. The van der Waals surface area contributed by atoms with Crippen LogP contribution in [-0.4, -0.2) is 47.0 Å². The highest BCUT2D eigenvalue weighted by Crippen LogP contribution is 2.31. The van der Waals surface area contributed by atoms with Crippen molar-refractivity contribution in [2.75, 3.05) is 26.2 Å². The van der Waals surface area contributed by atoms with Gasteiger partial charge >= 0.3 is 0 Å². The molecule has 6 nitrogen and oxygen atoms in total. The van der Waals surface area contributed by atoms with Gasteiger partial charge in [0.15, 0.2) is 0 Å². The number of halogens is 1. The molecule has 1 amide bonds. The van der Waals surface area contributed by atoms with Crippen molar-refractivity contribution >= 4 is 17.5 Å². The average Bonchev–Trinajstić information content (AvgIpc) is 2.86. The number of hydrogen-bond donors (Lipinski definition) is 1. The van der Waals surface area contributed by atoms with Gasteiger partial charge in [-0.3, -0.25) is 14.8 Å². The fourth-order valence-corrected chi connectivity index (χ4v) is 4.18. The van der Waals surface area contributed by atoms with Crippen LogP contribution in [0.25, 0.3) is 0 Å². The van der Waals surface area contributed by atoms with E-state index in [0.717, 1.165) is 37.2 Å². The van der Waals surface area contributed by atoms with E-state index < -0.39 is 0 Å². The molecule has 1 atom stereocenters. The second-order valence-corrected chi connectivity index (χ2v) is 8.24. The van der Waals surface area contributed by atoms with Gasteiger partial charge in [0.1, 0.15) is 12.4 Å². The van der Waals surface area contributed by atoms with Crippen molar-refractivity contribution < 1.29 is 9.53 Å². The number of nitrogens with zero attached hydrogens (tertiary/aromatic N) is 3. The summed E-state index contributed by atoms with van der Waals surface area (Å²) >= 11 is 6.15. The number of amides is 1. The summed E-state index contributed by atoms with van der Waals surface area (Å²) in [5.74, 6) is 0.794. The molecule has 1 aliphatic heterocycles. The maximum absolute atomic E-state index is 13.8. The van der Waals surface area contributed by atoms with Gasteiger partial charge in [-0.2, -0.15) is 0 Å². The molecule has 2 aromatic heterocycles. The van der Waals surface area contributed by atoms with Gasteiger partial charge in [0.2, 0.25) is 5.91 Å². The fourth-order valence-electron chi connectivity index (χ4n) is 4.06. The van der Waals surface area contributed by atoms with Crippen LogP contribution >= 0.6 is 11.6 Å². The molecule has 0 unspecified atom stereocenters. The topological polar surface area (TPSA) is 67.4 Å². The summed E-state index contributed by atoms with van der Waals surface area (Å²) in [6.45, 7) is 2.50. The van der Waals surface area contributed by atoms with E-state index in [9.17, 15) is 4.79 Å². The van der Waals surface area contributed by atoms with Gasteiger partial charge in [0.05, 0.1) is 24.5 Å². The SMILES string of the molecule is O=C(C1CCNCC1)N(CCOc1cccnc1)[C@H](c1ccc(Cl)cc1)c1ccccn1. The molecule has 7 heteroatoms. The van der Waals surface area contributed by atoms with E-state index in [1.807, 2.05) is 59.5 Å². The standard InChI is InChI=1S/C25H27ClN4O2/c26-21-8-6-19(7-9-21)24(23-5-1-2-13-29-23)30(25(31)20-10-14-27-15-11-20)16-17-32-22-4-3-12-28-18-22/h1-9,12-13,18,20,24,27H,10-11,14-17H2/t24-/m1/s1. The van der Waals surface area contributed by atoms with Crippen LogP contribution in [0.2, 0.25) is 5.02 Å². The molecule has 0 saturated carbocycles. The van der Waals surface area contributed by atoms with Crippen LogP contribution in [0.1, 0.15) is 30.1 Å². The quantitative estimate of drug-likeness (QED) is 0.559. The summed E-state index contributed by atoms with van der Waals surface area (Å²) in [6, 6.07) is 16.8. The normalized spacial score (nSPS) is 15.2. The molecule has 1 N–H and O–H groups in total. The summed E-state index contributed by atoms with van der Waals surface area (Å²) in [4.78, 5) is 24.4. The van der Waals surface area contributed by atoms with Crippen molar-refractivity contribution in [1.29, 1.82) is 0 Å². The number of carbonyl (C=O) groups excluding carboxylic acids is 1. The molecule has 0 spiro atoms. The number of benzene rings is 1. The molecule has 4 rings (SSSR count). The summed E-state index contributed by atoms with van der Waals surface area (Å²) in [5.41, 5.74) is 1.79. The Balaban J connectivity index is 1.64. The van der Waals surface area contributed by atoms with Crippen LogP contribution in [-0.2, 0) is 4.79 Å². The number of rotatable bonds is 8. The van der Waals surface area contributed by atoms with E-state index in [4.69, 9.17) is 16.3 Å². The molecule has 0 radical (unpaired) electrons. The first kappa shape index (κ1) is 22.2. The number of nitrogens with one attached hydrogen (secondary N) is 1. The average molecular weight is 451 g/mol. The summed E-state index contributed by atoms with van der Waals surface area (Å²) in [7, 11) is 0. The highest BCUT2D eigenvalue weighted by molar-refractivity contribution is 6.30. The van der Waals surface area contributed by atoms with Crippen molar-refractivity contribution in [2.24, 2.45) is 5.92 Å². The largest absolute Gasteiger partial charge is 0.490 e. The number of pyridine rings is 2. The molecule has 3 aromatic rings. The molecule has 1 fully saturated rings. The second-order valence-electron chi connectivity index (χ2n) is 7.80. The Hall–Kier alpha value is -2.96. The van der Waals surface area contributed by atoms with Crippen molar-refractivity contribution in [1.82, 2.24) is 20.2 Å². The van der Waals surface area contributed by atoms with Gasteiger partial charge in [-0.15, -0.1) is 0 Å². The van der Waals surface area contributed by atoms with E-state index in [2.05, 4.69) is 15.3 Å². The lowest BCUT2D eigenvalue weighted by atomic mass is 9.93. The number of hydrogen-bond acceptors (Lipinski definition) is 5. The van der Waals surface area contributed by atoms with Crippen molar-refractivity contribution in [3.63, 3.8) is 0 Å². The third-order valence-corrected chi connectivity index (χ3v) is 5.92. The molecule has 166 valence electrons. The fraction of sp³-hybridized carbons (Fsp3) is 0.320. The van der Waals surface area contributed by atoms with Crippen LogP contribution < -0.4 is 10.1 Å². The van der Waals surface area contributed by atoms with Gasteiger partial charge in [0.25, 0.3) is 0 Å². The minimum atomic E-state index is -0.326. The van der Waals surface area contributed by atoms with Crippen molar-refractivity contribution in [3.8, 4) is 5.75 Å². The lowest BCUT2D eigenvalue weighted by Crippen LogP contribution is -2.45. The molecule has 32 heavy (non-hydrogen) atoms. The van der Waals surface area contributed by atoms with E-state index in [-0.39, 0.29) is 17.9 Å². The summed E-state index contributed by atoms with van der Waals surface area (Å²) < 4.78 is 5.90. The highest BCUT2D eigenvalue weighted by atomic mass is 35.5. The Bertz CT molecular complexity index is 980. The minimum absolute atomic E-state index is 0.0202. The Morgan fingerprint density at radius 1 is 1.09 bits per heavy atom. The molecule has 1 aliphatic rings. The molecular formula is C25H27ClN4O2. The Kier molecular flexibility index (Phi) is 7.69. The summed E-state index contributed by atoms with van der Waals surface area (Å²) in [5, 5.41) is 4.00. The first-order valence-electron chi connectivity index (χ1n) is 10.9. The van der Waals surface area contributed by atoms with Gasteiger partial charge < -0.3 is 15.0 Å². The number of piperidine rings is 1. The molecule has 0 aliphatic carbocycles. The number of ether oxygens (including phenoxy) is 1. The lowest BCUT2D eigenvalue weighted by Gasteiger charge is -2.35. The molecule has 1 aromatic carbocycles. The van der Waals surface area contributed by atoms with Gasteiger partial charge in [0, 0.05) is 23.3 Å². The predicted octanol–water partition coefficient (Wildman–Crippen LogP) is 4.13. The zero-order chi connectivity index (χ0) is 22.2. The maximum atomic E-state index is 13.8. The number of aromatic nitrogens is 2. The van der Waals surface area contributed by atoms with E-state index in [1.54, 1.807) is 18.6 Å². The first-order valence-corrected chi connectivity index (χ1v) is 11.3. The Morgan fingerprint density at radius 2 is 1.91 bits per heavy atom. The van der Waals surface area contributed by atoms with Crippen LogP contribution in [0.3, 0.4) is 0 Å². The maximum Gasteiger partial charge on any atom is 0.226 e. The Labute approximate surface area is 193 Å². The van der Waals surface area contributed by atoms with E-state index >= 15 is 0 Å². The smallest absolute Gasteiger partial charge is 0.226 e. The first-order chi connectivity index (χ1) is 15.7. The van der Waals surface area contributed by atoms with Gasteiger partial charge in [-0.05, 0) is 67.9 Å². The zero-order valence-electron chi connectivity index (χ0n) is 17.9. The molecule has 0 bridgehead atoms. The monoisotopic (exact) mass is 450 g/mol. The van der Waals surface area contributed by atoms with Crippen LogP contribution in [0.4, 0.5) is 0 Å². The van der Waals surface area contributed by atoms with E-state index in [0.29, 0.717) is 23.9 Å². The van der Waals surface area contributed by atoms with Gasteiger partial charge in [-0.25, -0.2) is 0 Å². The van der Waals surface area contributed by atoms with Crippen molar-refractivity contribution in [2.45, 2.75) is 18.9 Å². The third kappa shape index (κ3) is 5.64. The minimum Gasteiger partial charge on any atom is -0.490 e. The van der Waals surface area contributed by atoms with Crippen molar-refractivity contribution in [3.05, 3.63) is 89.5 Å². The Morgan fingerprint density at radius 3 is 2.59 bits per heavy atom. The van der Waals surface area contributed by atoms with Crippen LogP contribution in [0, 0.1) is 5.92 Å². The predicted molar refractivity (Wildman–Crippen MR) is 125 cm³/mol. The zero-order valence-corrected chi connectivity index (χ0v) is 18.6. The summed E-state index contributed by atoms with van der Waals surface area (Å²) in [6.07, 6.45) is 6.80. The molecule has 1 saturated heterocycles. The third-order valence-electron chi connectivity index (χ3n) is 5.67. The molecule has 3 heterocycles. The van der Waals surface area contributed by atoms with E-state index in [1.165, 1.54) is 0 Å². The van der Waals surface area contributed by atoms with Crippen LogP contribution in [0.5, 0.6) is 5.75 Å². The second kappa shape index (κ2) is 11.1. The highest BCUT2D eigenvalue weighted by Gasteiger charge is 2.33. The molecular weight excluding hydrogens is 424 g/mol. The van der Waals surface area contributed by atoms with Gasteiger partial charge in [-0.1, -0.05) is 29.8 Å².